The molecule has 8 nitrogen and oxygen atoms in total. The van der Waals surface area contributed by atoms with Crippen molar-refractivity contribution in [2.45, 2.75) is 77.9 Å². The van der Waals surface area contributed by atoms with Gasteiger partial charge in [-0.05, 0) is 44.6 Å². The van der Waals surface area contributed by atoms with Crippen molar-refractivity contribution in [3.63, 3.8) is 0 Å². The van der Waals surface area contributed by atoms with Crippen molar-refractivity contribution < 1.29 is 14.7 Å². The van der Waals surface area contributed by atoms with E-state index in [1.807, 2.05) is 13.0 Å². The molecule has 0 aromatic carbocycles. The number of aryl methyl sites for hydroxylation is 2. The van der Waals surface area contributed by atoms with Gasteiger partial charge in [0, 0.05) is 18.1 Å². The van der Waals surface area contributed by atoms with Crippen molar-refractivity contribution in [3.8, 4) is 0 Å². The summed E-state index contributed by atoms with van der Waals surface area (Å²) in [7, 11) is 0. The van der Waals surface area contributed by atoms with E-state index in [-0.39, 0.29) is 28.7 Å². The number of carboxylic acid groups (broad SMARTS) is 1. The highest BCUT2D eigenvalue weighted by Gasteiger charge is 2.31. The average Bonchev–Trinajstić information content (AvgIpc) is 3.35. The third-order valence-electron chi connectivity index (χ3n) is 5.86. The van der Waals surface area contributed by atoms with Gasteiger partial charge in [0.05, 0.1) is 11.4 Å². The van der Waals surface area contributed by atoms with E-state index >= 15 is 0 Å². The predicted molar refractivity (Wildman–Crippen MR) is 127 cm³/mol. The van der Waals surface area contributed by atoms with Crippen LogP contribution in [0.1, 0.15) is 83.1 Å². The Balaban J connectivity index is 1.82. The molecule has 0 saturated heterocycles. The van der Waals surface area contributed by atoms with Gasteiger partial charge in [-0.15, -0.1) is 11.3 Å². The fraction of sp³-hybridized carbons (Fsp3) is 0.545. The first-order valence-electron chi connectivity index (χ1n) is 11.0. The molecule has 2 atom stereocenters. The maximum Gasteiger partial charge on any atom is 0.347 e. The second kappa shape index (κ2) is 10.6. The van der Waals surface area contributed by atoms with Crippen LogP contribution in [0.25, 0.3) is 5.57 Å². The van der Waals surface area contributed by atoms with E-state index in [1.54, 1.807) is 6.92 Å². The Hall–Kier alpha value is -2.23. The molecular formula is C22H30ClN5O3S. The van der Waals surface area contributed by atoms with Crippen LogP contribution >= 0.6 is 22.9 Å². The van der Waals surface area contributed by atoms with Gasteiger partial charge in [-0.25, -0.2) is 14.8 Å². The van der Waals surface area contributed by atoms with Gasteiger partial charge in [0.2, 0.25) is 0 Å². The first kappa shape index (κ1) is 24.4. The van der Waals surface area contributed by atoms with Crippen molar-refractivity contribution in [1.29, 1.82) is 0 Å². The summed E-state index contributed by atoms with van der Waals surface area (Å²) < 4.78 is 0. The Morgan fingerprint density at radius 1 is 1.28 bits per heavy atom. The smallest absolute Gasteiger partial charge is 0.347 e. The van der Waals surface area contributed by atoms with Gasteiger partial charge in [-0.2, -0.15) is 0 Å². The number of carbonyl (C=O) groups is 2. The Labute approximate surface area is 196 Å². The number of imidazole rings is 1. The largest absolute Gasteiger partial charge is 0.477 e. The molecular weight excluding hydrogens is 450 g/mol. The van der Waals surface area contributed by atoms with Crippen molar-refractivity contribution in [3.05, 3.63) is 38.3 Å². The van der Waals surface area contributed by atoms with Crippen LogP contribution in [0.4, 0.5) is 0 Å². The summed E-state index contributed by atoms with van der Waals surface area (Å²) in [4.78, 5) is 36.2. The zero-order valence-electron chi connectivity index (χ0n) is 18.8. The highest BCUT2D eigenvalue weighted by Crippen LogP contribution is 2.32. The quantitative estimate of drug-likeness (QED) is 0.427. The van der Waals surface area contributed by atoms with E-state index in [0.29, 0.717) is 36.2 Å². The molecule has 174 valence electrons. The third-order valence-corrected chi connectivity index (χ3v) is 7.39. The zero-order valence-corrected chi connectivity index (χ0v) is 20.4. The van der Waals surface area contributed by atoms with Gasteiger partial charge >= 0.3 is 5.97 Å². The maximum atomic E-state index is 12.9. The number of nitrogens with one attached hydrogen (secondary N) is 3. The van der Waals surface area contributed by atoms with Gasteiger partial charge in [-0.3, -0.25) is 4.79 Å². The molecule has 0 fully saturated rings. The number of carboxylic acids is 1. The third kappa shape index (κ3) is 5.39. The average molecular weight is 480 g/mol. The fourth-order valence-electron chi connectivity index (χ4n) is 3.93. The minimum atomic E-state index is -0.955. The van der Waals surface area contributed by atoms with Gasteiger partial charge in [0.25, 0.3) is 5.91 Å². The number of hydrogen-bond acceptors (Lipinski definition) is 6. The number of rotatable bonds is 9. The van der Waals surface area contributed by atoms with Crippen LogP contribution < -0.4 is 10.6 Å². The topological polar surface area (TPSA) is 120 Å². The Bertz CT molecular complexity index is 1010. The lowest BCUT2D eigenvalue weighted by Crippen LogP contribution is -2.53. The van der Waals surface area contributed by atoms with Gasteiger partial charge < -0.3 is 20.7 Å². The van der Waals surface area contributed by atoms with Crippen LogP contribution in [0.2, 0.25) is 5.15 Å². The Kier molecular flexibility index (Phi) is 8.08. The molecule has 4 N–H and O–H groups in total. The van der Waals surface area contributed by atoms with E-state index in [4.69, 9.17) is 11.6 Å². The van der Waals surface area contributed by atoms with E-state index in [2.05, 4.69) is 39.4 Å². The Morgan fingerprint density at radius 2 is 2.00 bits per heavy atom. The summed E-state index contributed by atoms with van der Waals surface area (Å²) in [5.74, 6) is -1.03. The first-order chi connectivity index (χ1) is 15.3. The lowest BCUT2D eigenvalue weighted by Gasteiger charge is -2.34. The molecule has 0 aliphatic heterocycles. The molecule has 2 heterocycles. The second-order valence-corrected chi connectivity index (χ2v) is 9.34. The number of amides is 1. The number of nitrogens with zero attached hydrogens (tertiary/aromatic N) is 2. The summed E-state index contributed by atoms with van der Waals surface area (Å²) in [6.45, 7) is 7.93. The molecule has 10 heteroatoms. The van der Waals surface area contributed by atoms with E-state index in [1.165, 1.54) is 11.3 Å². The maximum absolute atomic E-state index is 12.9. The summed E-state index contributed by atoms with van der Waals surface area (Å²) in [6, 6.07) is 0.161. The van der Waals surface area contributed by atoms with Crippen LogP contribution in [0.5, 0.6) is 0 Å². The molecule has 0 saturated carbocycles. The lowest BCUT2D eigenvalue weighted by atomic mass is 9.89. The van der Waals surface area contributed by atoms with Crippen LogP contribution in [0.3, 0.4) is 0 Å². The minimum absolute atomic E-state index is 0.0163. The first-order valence-corrected chi connectivity index (χ1v) is 12.2. The predicted octanol–water partition coefficient (Wildman–Crippen LogP) is 4.21. The molecule has 1 aliphatic carbocycles. The van der Waals surface area contributed by atoms with Gasteiger partial charge in [-0.1, -0.05) is 38.4 Å². The summed E-state index contributed by atoms with van der Waals surface area (Å²) in [5, 5.41) is 17.2. The molecule has 0 spiro atoms. The number of thiazole rings is 1. The number of H-pyrrole nitrogens is 1. The van der Waals surface area contributed by atoms with E-state index in [9.17, 15) is 14.7 Å². The van der Waals surface area contributed by atoms with Crippen molar-refractivity contribution in [1.82, 2.24) is 25.6 Å². The standard InChI is InChI=1S/C22H30ClN5O3S/c1-5-13(6-2)25-16-10-12(21-24-11(4)17(32-21)22(30)31)8-9-15(16)27-20(29)19-26-14(7-3)18(23)28-19/h8,13,15-16,25H,5-7,9-10H2,1-4H3,(H,26,28)(H,27,29)(H,30,31)/t15-,16+/m1/s1. The second-order valence-electron chi connectivity index (χ2n) is 7.98. The summed E-state index contributed by atoms with van der Waals surface area (Å²) in [6.07, 6.45) is 5.91. The molecule has 1 aliphatic rings. The summed E-state index contributed by atoms with van der Waals surface area (Å²) >= 11 is 7.30. The monoisotopic (exact) mass is 479 g/mol. The molecule has 0 bridgehead atoms. The fourth-order valence-corrected chi connectivity index (χ4v) is 5.15. The van der Waals surface area contributed by atoms with E-state index < -0.39 is 5.97 Å². The number of aromatic carboxylic acids is 1. The minimum Gasteiger partial charge on any atom is -0.477 e. The molecule has 32 heavy (non-hydrogen) atoms. The number of aromatic amines is 1. The molecule has 0 radical (unpaired) electrons. The number of halogens is 1. The highest BCUT2D eigenvalue weighted by atomic mass is 35.5. The van der Waals surface area contributed by atoms with Gasteiger partial charge in [0.1, 0.15) is 9.88 Å². The molecule has 1 amide bonds. The van der Waals surface area contributed by atoms with E-state index in [0.717, 1.165) is 29.1 Å². The molecule has 0 unspecified atom stereocenters. The highest BCUT2D eigenvalue weighted by molar-refractivity contribution is 7.14. The lowest BCUT2D eigenvalue weighted by molar-refractivity contribution is 0.0700. The van der Waals surface area contributed by atoms with Gasteiger partial charge in [0.15, 0.2) is 11.0 Å². The SMILES string of the molecule is CCc1[nH]c(C(=O)N[C@@H]2CC=C(c3nc(C)c(C(=O)O)s3)C[C@@H]2NC(CC)CC)nc1Cl. The van der Waals surface area contributed by atoms with Crippen molar-refractivity contribution >= 4 is 40.4 Å². The zero-order chi connectivity index (χ0) is 23.4. The van der Waals surface area contributed by atoms with Crippen LogP contribution in [0.15, 0.2) is 6.08 Å². The number of hydrogen-bond donors (Lipinski definition) is 4. The van der Waals surface area contributed by atoms with Crippen LogP contribution in [0, 0.1) is 6.92 Å². The van der Waals surface area contributed by atoms with Crippen LogP contribution in [-0.4, -0.2) is 50.1 Å². The molecule has 2 aromatic heterocycles. The number of carbonyl (C=O) groups excluding carboxylic acids is 1. The van der Waals surface area contributed by atoms with Crippen molar-refractivity contribution in [2.75, 3.05) is 0 Å². The molecule has 3 rings (SSSR count). The Morgan fingerprint density at radius 3 is 2.56 bits per heavy atom. The number of aromatic nitrogens is 3. The van der Waals surface area contributed by atoms with Crippen LogP contribution in [-0.2, 0) is 6.42 Å². The normalized spacial score (nSPS) is 18.6. The molecule has 2 aromatic rings. The summed E-state index contributed by atoms with van der Waals surface area (Å²) in [5.41, 5.74) is 2.27. The van der Waals surface area contributed by atoms with Crippen molar-refractivity contribution in [2.24, 2.45) is 0 Å².